The second-order valence-corrected chi connectivity index (χ2v) is 5.39. The van der Waals surface area contributed by atoms with Gasteiger partial charge in [-0.25, -0.2) is 0 Å². The monoisotopic (exact) mass is 274 g/mol. The summed E-state index contributed by atoms with van der Waals surface area (Å²) in [6, 6.07) is 0. The molecule has 0 unspecified atom stereocenters. The summed E-state index contributed by atoms with van der Waals surface area (Å²) in [6.07, 6.45) is 6.44. The molecule has 0 saturated carbocycles. The largest absolute Gasteiger partial charge is 0.301 e. The highest BCUT2D eigenvalue weighted by molar-refractivity contribution is 5.02. The van der Waals surface area contributed by atoms with Crippen molar-refractivity contribution >= 4 is 0 Å². The first-order valence-electron chi connectivity index (χ1n) is 8.23. The Kier molecular flexibility index (Phi) is 10.1. The molecule has 0 saturated heterocycles. The van der Waals surface area contributed by atoms with Gasteiger partial charge in [-0.05, 0) is 25.9 Å². The van der Waals surface area contributed by atoms with Crippen LogP contribution in [0.3, 0.4) is 0 Å². The number of rotatable bonds is 4. The summed E-state index contributed by atoms with van der Waals surface area (Å²) < 4.78 is 0. The summed E-state index contributed by atoms with van der Waals surface area (Å²) in [5.74, 6) is 13.3. The molecule has 0 fully saturated rings. The van der Waals surface area contributed by atoms with E-state index in [2.05, 4.69) is 47.3 Å². The van der Waals surface area contributed by atoms with Crippen molar-refractivity contribution in [3.63, 3.8) is 0 Å². The van der Waals surface area contributed by atoms with Crippen LogP contribution in [0.25, 0.3) is 0 Å². The minimum Gasteiger partial charge on any atom is -0.301 e. The molecule has 1 aliphatic heterocycles. The SMILES string of the molecule is CCCN1CCC#CCCN(CCC)CCC#CCC1. The van der Waals surface area contributed by atoms with Crippen molar-refractivity contribution in [1.82, 2.24) is 9.80 Å². The fourth-order valence-electron chi connectivity index (χ4n) is 2.51. The van der Waals surface area contributed by atoms with Crippen LogP contribution in [-0.2, 0) is 0 Å². The van der Waals surface area contributed by atoms with Crippen LogP contribution in [-0.4, -0.2) is 49.1 Å². The van der Waals surface area contributed by atoms with Crippen molar-refractivity contribution in [3.8, 4) is 23.7 Å². The first-order valence-corrected chi connectivity index (χ1v) is 8.23. The number of nitrogens with zero attached hydrogens (tertiary/aromatic N) is 2. The average Bonchev–Trinajstić information content (AvgIpc) is 2.45. The van der Waals surface area contributed by atoms with E-state index in [4.69, 9.17) is 0 Å². The Morgan fingerprint density at radius 3 is 1.15 bits per heavy atom. The summed E-state index contributed by atoms with van der Waals surface area (Å²) in [4.78, 5) is 5.00. The molecule has 1 heterocycles. The fraction of sp³-hybridized carbons (Fsp3) is 0.778. The second kappa shape index (κ2) is 11.8. The Bertz CT molecular complexity index is 293. The highest BCUT2D eigenvalue weighted by Crippen LogP contribution is 1.99. The molecule has 0 aromatic rings. The normalized spacial score (nSPS) is 19.3. The Balaban J connectivity index is 2.48. The molecule has 0 aliphatic carbocycles. The maximum Gasteiger partial charge on any atom is 0.0217 e. The van der Waals surface area contributed by atoms with E-state index >= 15 is 0 Å². The number of hydrogen-bond acceptors (Lipinski definition) is 2. The Morgan fingerprint density at radius 1 is 0.600 bits per heavy atom. The fourth-order valence-corrected chi connectivity index (χ4v) is 2.51. The lowest BCUT2D eigenvalue weighted by Crippen LogP contribution is -2.27. The van der Waals surface area contributed by atoms with E-state index in [1.165, 1.54) is 25.9 Å². The van der Waals surface area contributed by atoms with E-state index in [1.54, 1.807) is 0 Å². The summed E-state index contributed by atoms with van der Waals surface area (Å²) in [6.45, 7) is 11.2. The van der Waals surface area contributed by atoms with Crippen LogP contribution in [0, 0.1) is 23.7 Å². The molecular weight excluding hydrogens is 244 g/mol. The van der Waals surface area contributed by atoms with Gasteiger partial charge in [0.25, 0.3) is 0 Å². The molecule has 20 heavy (non-hydrogen) atoms. The first-order chi connectivity index (χ1) is 9.86. The molecule has 0 N–H and O–H groups in total. The van der Waals surface area contributed by atoms with E-state index < -0.39 is 0 Å². The van der Waals surface area contributed by atoms with Crippen molar-refractivity contribution in [3.05, 3.63) is 0 Å². The molecule has 0 aromatic heterocycles. The van der Waals surface area contributed by atoms with Gasteiger partial charge >= 0.3 is 0 Å². The van der Waals surface area contributed by atoms with Crippen LogP contribution in [0.4, 0.5) is 0 Å². The van der Waals surface area contributed by atoms with E-state index in [0.717, 1.165) is 51.9 Å². The molecule has 0 amide bonds. The third-order valence-corrected chi connectivity index (χ3v) is 3.54. The molecule has 1 rings (SSSR count). The summed E-state index contributed by atoms with van der Waals surface area (Å²) in [5.41, 5.74) is 0. The summed E-state index contributed by atoms with van der Waals surface area (Å²) in [7, 11) is 0. The Labute approximate surface area is 125 Å². The quantitative estimate of drug-likeness (QED) is 0.727. The van der Waals surface area contributed by atoms with E-state index in [0.29, 0.717) is 0 Å². The zero-order valence-electron chi connectivity index (χ0n) is 13.4. The molecular formula is C18H30N2. The van der Waals surface area contributed by atoms with Crippen molar-refractivity contribution in [2.24, 2.45) is 0 Å². The third kappa shape index (κ3) is 8.26. The van der Waals surface area contributed by atoms with Gasteiger partial charge in [0.2, 0.25) is 0 Å². The lowest BCUT2D eigenvalue weighted by atomic mass is 10.2. The van der Waals surface area contributed by atoms with E-state index in [-0.39, 0.29) is 0 Å². The standard InChI is InChI=1S/C18H30N2/c1-3-13-19-15-9-5-7-11-17-20(14-4-2)18-12-8-6-10-16-19/h3-4,9-18H2,1-2H3. The van der Waals surface area contributed by atoms with Crippen molar-refractivity contribution in [1.29, 1.82) is 0 Å². The van der Waals surface area contributed by atoms with Gasteiger partial charge in [0.15, 0.2) is 0 Å². The van der Waals surface area contributed by atoms with Gasteiger partial charge in [0.1, 0.15) is 0 Å². The first kappa shape index (κ1) is 17.1. The zero-order chi connectivity index (χ0) is 14.5. The van der Waals surface area contributed by atoms with Gasteiger partial charge in [-0.3, -0.25) is 0 Å². The minimum absolute atomic E-state index is 1.00. The van der Waals surface area contributed by atoms with Gasteiger partial charge in [0, 0.05) is 51.9 Å². The van der Waals surface area contributed by atoms with Crippen molar-refractivity contribution < 1.29 is 0 Å². The van der Waals surface area contributed by atoms with Crippen LogP contribution < -0.4 is 0 Å². The molecule has 0 aromatic carbocycles. The molecule has 2 nitrogen and oxygen atoms in total. The third-order valence-electron chi connectivity index (χ3n) is 3.54. The van der Waals surface area contributed by atoms with E-state index in [9.17, 15) is 0 Å². The topological polar surface area (TPSA) is 6.48 Å². The van der Waals surface area contributed by atoms with Gasteiger partial charge in [-0.1, -0.05) is 13.8 Å². The average molecular weight is 274 g/mol. The predicted octanol–water partition coefficient (Wildman–Crippen LogP) is 2.99. The molecule has 0 spiro atoms. The van der Waals surface area contributed by atoms with Crippen LogP contribution >= 0.6 is 0 Å². The van der Waals surface area contributed by atoms with Gasteiger partial charge in [0.05, 0.1) is 0 Å². The second-order valence-electron chi connectivity index (χ2n) is 5.39. The van der Waals surface area contributed by atoms with Crippen LogP contribution in [0.2, 0.25) is 0 Å². The Morgan fingerprint density at radius 2 is 0.900 bits per heavy atom. The predicted molar refractivity (Wildman–Crippen MR) is 87.5 cm³/mol. The highest BCUT2D eigenvalue weighted by atomic mass is 15.1. The molecule has 2 heteroatoms. The summed E-state index contributed by atoms with van der Waals surface area (Å²) >= 11 is 0. The highest BCUT2D eigenvalue weighted by Gasteiger charge is 2.03. The van der Waals surface area contributed by atoms with Gasteiger partial charge in [-0.15, -0.1) is 23.7 Å². The van der Waals surface area contributed by atoms with Crippen LogP contribution in [0.15, 0.2) is 0 Å². The Hall–Kier alpha value is -0.960. The minimum atomic E-state index is 1.00. The molecule has 0 atom stereocenters. The lowest BCUT2D eigenvalue weighted by Gasteiger charge is -2.20. The smallest absolute Gasteiger partial charge is 0.0217 e. The van der Waals surface area contributed by atoms with Crippen molar-refractivity contribution in [2.45, 2.75) is 52.4 Å². The maximum absolute atomic E-state index is 3.34. The van der Waals surface area contributed by atoms with Gasteiger partial charge in [-0.2, -0.15) is 0 Å². The molecule has 112 valence electrons. The lowest BCUT2D eigenvalue weighted by molar-refractivity contribution is 0.284. The van der Waals surface area contributed by atoms with Gasteiger partial charge < -0.3 is 9.80 Å². The molecule has 0 radical (unpaired) electrons. The molecule has 0 bridgehead atoms. The zero-order valence-corrected chi connectivity index (χ0v) is 13.4. The number of hydrogen-bond donors (Lipinski definition) is 0. The molecule has 1 aliphatic rings. The van der Waals surface area contributed by atoms with Crippen molar-refractivity contribution in [2.75, 3.05) is 39.3 Å². The summed E-state index contributed by atoms with van der Waals surface area (Å²) in [5, 5.41) is 0. The van der Waals surface area contributed by atoms with Crippen LogP contribution in [0.1, 0.15) is 52.4 Å². The maximum atomic E-state index is 3.34. The van der Waals surface area contributed by atoms with Crippen LogP contribution in [0.5, 0.6) is 0 Å². The van der Waals surface area contributed by atoms with E-state index in [1.807, 2.05) is 0 Å².